The predicted octanol–water partition coefficient (Wildman–Crippen LogP) is 3.11. The van der Waals surface area contributed by atoms with Crippen LogP contribution in [0.2, 0.25) is 0 Å². The molecule has 0 aromatic heterocycles. The van der Waals surface area contributed by atoms with E-state index < -0.39 is 15.9 Å². The third-order valence-corrected chi connectivity index (χ3v) is 6.56. The number of nitrogens with two attached hydrogens (primary N) is 1. The van der Waals surface area contributed by atoms with Crippen molar-refractivity contribution in [3.63, 3.8) is 0 Å². The first-order chi connectivity index (χ1) is 11.8. The number of benzene rings is 2. The second-order valence-corrected chi connectivity index (χ2v) is 8.65. The van der Waals surface area contributed by atoms with Gasteiger partial charge in [0.15, 0.2) is 0 Å². The van der Waals surface area contributed by atoms with E-state index in [-0.39, 0.29) is 23.0 Å². The molecule has 5 nitrogen and oxygen atoms in total. The molecule has 2 N–H and O–H groups in total. The Morgan fingerprint density at radius 1 is 1.16 bits per heavy atom. The van der Waals surface area contributed by atoms with Gasteiger partial charge in [-0.05, 0) is 62.1 Å². The standard InChI is InChI=1S/C18H22N2O3S2/c1-13(2)20(12-14-5-4-6-16(11-14)24-3)25(22,23)17-9-7-15(8-10-17)18(19)21/h4-11,13H,12H2,1-3H3,(H2,19,21). The lowest BCUT2D eigenvalue weighted by molar-refractivity contribution is 0.1000. The number of sulfonamides is 1. The molecule has 0 spiro atoms. The Bertz CT molecular complexity index is 847. The Kier molecular flexibility index (Phi) is 6.26. The molecule has 0 aliphatic rings. The minimum atomic E-state index is -3.69. The van der Waals surface area contributed by atoms with Crippen molar-refractivity contribution in [1.82, 2.24) is 4.31 Å². The minimum Gasteiger partial charge on any atom is -0.366 e. The molecule has 134 valence electrons. The van der Waals surface area contributed by atoms with Crippen molar-refractivity contribution < 1.29 is 13.2 Å². The van der Waals surface area contributed by atoms with Crippen molar-refractivity contribution >= 4 is 27.7 Å². The Labute approximate surface area is 153 Å². The molecule has 0 aliphatic heterocycles. The third kappa shape index (κ3) is 4.62. The van der Waals surface area contributed by atoms with Crippen molar-refractivity contribution in [2.24, 2.45) is 5.73 Å². The van der Waals surface area contributed by atoms with Crippen molar-refractivity contribution in [2.45, 2.75) is 36.2 Å². The van der Waals surface area contributed by atoms with E-state index in [4.69, 9.17) is 5.73 Å². The topological polar surface area (TPSA) is 80.5 Å². The molecule has 2 rings (SSSR count). The number of carbonyl (C=O) groups is 1. The molecule has 0 fully saturated rings. The zero-order valence-corrected chi connectivity index (χ0v) is 16.1. The molecular formula is C18H22N2O3S2. The van der Waals surface area contributed by atoms with Crippen LogP contribution >= 0.6 is 11.8 Å². The lowest BCUT2D eigenvalue weighted by Gasteiger charge is -2.26. The molecule has 2 aromatic carbocycles. The molecule has 0 atom stereocenters. The summed E-state index contributed by atoms with van der Waals surface area (Å²) in [5, 5.41) is 0. The van der Waals surface area contributed by atoms with E-state index in [9.17, 15) is 13.2 Å². The van der Waals surface area contributed by atoms with Gasteiger partial charge in [-0.15, -0.1) is 11.8 Å². The summed E-state index contributed by atoms with van der Waals surface area (Å²) in [7, 11) is -3.69. The van der Waals surface area contributed by atoms with Crippen LogP contribution < -0.4 is 5.73 Å². The Morgan fingerprint density at radius 2 is 1.80 bits per heavy atom. The van der Waals surface area contributed by atoms with Crippen LogP contribution in [0.4, 0.5) is 0 Å². The zero-order chi connectivity index (χ0) is 18.6. The average Bonchev–Trinajstić information content (AvgIpc) is 2.59. The van der Waals surface area contributed by atoms with Gasteiger partial charge in [0.2, 0.25) is 15.9 Å². The van der Waals surface area contributed by atoms with Crippen LogP contribution in [0.5, 0.6) is 0 Å². The molecule has 0 aliphatic carbocycles. The average molecular weight is 379 g/mol. The lowest BCUT2D eigenvalue weighted by Crippen LogP contribution is -2.36. The fraction of sp³-hybridized carbons (Fsp3) is 0.278. The molecule has 0 saturated heterocycles. The summed E-state index contributed by atoms with van der Waals surface area (Å²) in [6, 6.07) is 13.3. The maximum Gasteiger partial charge on any atom is 0.248 e. The quantitative estimate of drug-likeness (QED) is 0.751. The molecule has 0 heterocycles. The van der Waals surface area contributed by atoms with E-state index in [1.54, 1.807) is 11.8 Å². The van der Waals surface area contributed by atoms with Gasteiger partial charge in [0.05, 0.1) is 4.90 Å². The maximum absolute atomic E-state index is 13.0. The summed E-state index contributed by atoms with van der Waals surface area (Å²) in [4.78, 5) is 12.4. The van der Waals surface area contributed by atoms with Gasteiger partial charge >= 0.3 is 0 Å². The number of nitrogens with zero attached hydrogens (tertiary/aromatic N) is 1. The van der Waals surface area contributed by atoms with Crippen molar-refractivity contribution in [3.05, 3.63) is 59.7 Å². The van der Waals surface area contributed by atoms with Gasteiger partial charge in [-0.2, -0.15) is 4.31 Å². The van der Waals surface area contributed by atoms with E-state index in [1.165, 1.54) is 28.6 Å². The first-order valence-electron chi connectivity index (χ1n) is 7.80. The molecule has 0 radical (unpaired) electrons. The van der Waals surface area contributed by atoms with Gasteiger partial charge in [-0.3, -0.25) is 4.79 Å². The Balaban J connectivity index is 2.35. The van der Waals surface area contributed by atoms with E-state index in [0.29, 0.717) is 0 Å². The molecule has 2 aromatic rings. The molecule has 25 heavy (non-hydrogen) atoms. The van der Waals surface area contributed by atoms with Crippen LogP contribution in [0.3, 0.4) is 0 Å². The highest BCUT2D eigenvalue weighted by atomic mass is 32.2. The van der Waals surface area contributed by atoms with Crippen molar-refractivity contribution in [1.29, 1.82) is 0 Å². The first-order valence-corrected chi connectivity index (χ1v) is 10.5. The molecular weight excluding hydrogens is 356 g/mol. The minimum absolute atomic E-state index is 0.146. The summed E-state index contributed by atoms with van der Waals surface area (Å²) in [6.45, 7) is 3.97. The number of rotatable bonds is 7. The van der Waals surface area contributed by atoms with Gasteiger partial charge < -0.3 is 5.73 Å². The van der Waals surface area contributed by atoms with Gasteiger partial charge in [0.25, 0.3) is 0 Å². The second kappa shape index (κ2) is 8.03. The number of amides is 1. The largest absolute Gasteiger partial charge is 0.366 e. The van der Waals surface area contributed by atoms with Crippen LogP contribution in [0.1, 0.15) is 29.8 Å². The van der Waals surface area contributed by atoms with Crippen LogP contribution in [0.15, 0.2) is 58.3 Å². The highest BCUT2D eigenvalue weighted by Crippen LogP contribution is 2.23. The number of hydrogen-bond acceptors (Lipinski definition) is 4. The zero-order valence-electron chi connectivity index (χ0n) is 14.5. The lowest BCUT2D eigenvalue weighted by atomic mass is 10.2. The number of primary amides is 1. The van der Waals surface area contributed by atoms with Gasteiger partial charge in [0.1, 0.15) is 0 Å². The Hall–Kier alpha value is -1.83. The summed E-state index contributed by atoms with van der Waals surface area (Å²) in [5.74, 6) is -0.585. The third-order valence-electron chi connectivity index (χ3n) is 3.79. The van der Waals surface area contributed by atoms with Crippen LogP contribution in [-0.4, -0.2) is 30.9 Å². The molecule has 1 amide bonds. The normalized spacial score (nSPS) is 11.9. The van der Waals surface area contributed by atoms with E-state index in [1.807, 2.05) is 44.4 Å². The SMILES string of the molecule is CSc1cccc(CN(C(C)C)S(=O)(=O)c2ccc(C(N)=O)cc2)c1. The number of carbonyl (C=O) groups excluding carboxylic acids is 1. The summed E-state index contributed by atoms with van der Waals surface area (Å²) >= 11 is 1.61. The molecule has 0 bridgehead atoms. The van der Waals surface area contributed by atoms with Crippen molar-refractivity contribution in [3.8, 4) is 0 Å². The maximum atomic E-state index is 13.0. The monoisotopic (exact) mass is 378 g/mol. The fourth-order valence-corrected chi connectivity index (χ4v) is 4.53. The molecule has 7 heteroatoms. The predicted molar refractivity (Wildman–Crippen MR) is 101 cm³/mol. The highest BCUT2D eigenvalue weighted by molar-refractivity contribution is 7.98. The summed E-state index contributed by atoms with van der Waals surface area (Å²) < 4.78 is 27.5. The van der Waals surface area contributed by atoms with E-state index >= 15 is 0 Å². The first kappa shape index (κ1) is 19.5. The fourth-order valence-electron chi connectivity index (χ4n) is 2.42. The van der Waals surface area contributed by atoms with Crippen molar-refractivity contribution in [2.75, 3.05) is 6.26 Å². The molecule has 0 saturated carbocycles. The van der Waals surface area contributed by atoms with Crippen LogP contribution in [-0.2, 0) is 16.6 Å². The van der Waals surface area contributed by atoms with E-state index in [2.05, 4.69) is 0 Å². The number of thioether (sulfide) groups is 1. The molecule has 0 unspecified atom stereocenters. The Morgan fingerprint density at radius 3 is 2.32 bits per heavy atom. The van der Waals surface area contributed by atoms with Crippen LogP contribution in [0, 0.1) is 0 Å². The summed E-state index contributed by atoms with van der Waals surface area (Å²) in [5.41, 5.74) is 6.42. The smallest absolute Gasteiger partial charge is 0.248 e. The van der Waals surface area contributed by atoms with Gasteiger partial charge in [0, 0.05) is 23.0 Å². The highest BCUT2D eigenvalue weighted by Gasteiger charge is 2.27. The summed E-state index contributed by atoms with van der Waals surface area (Å²) in [6.07, 6.45) is 1.98. The second-order valence-electron chi connectivity index (χ2n) is 5.88. The van der Waals surface area contributed by atoms with Gasteiger partial charge in [-0.1, -0.05) is 12.1 Å². The van der Waals surface area contributed by atoms with Gasteiger partial charge in [-0.25, -0.2) is 8.42 Å². The van der Waals surface area contributed by atoms with E-state index in [0.717, 1.165) is 10.5 Å². The van der Waals surface area contributed by atoms with Crippen LogP contribution in [0.25, 0.3) is 0 Å². The number of hydrogen-bond donors (Lipinski definition) is 1.